The van der Waals surface area contributed by atoms with Gasteiger partial charge in [0.05, 0.1) is 16.2 Å². The van der Waals surface area contributed by atoms with E-state index in [1.807, 2.05) is 0 Å². The molecule has 0 spiro atoms. The lowest BCUT2D eigenvalue weighted by molar-refractivity contribution is 0.102. The highest BCUT2D eigenvalue weighted by Crippen LogP contribution is 2.27. The van der Waals surface area contributed by atoms with Crippen LogP contribution in [-0.2, 0) is 7.05 Å². The van der Waals surface area contributed by atoms with E-state index in [1.54, 1.807) is 55.6 Å². The second-order valence-electron chi connectivity index (χ2n) is 5.04. The molecule has 5 nitrogen and oxygen atoms in total. The molecule has 0 aliphatic carbocycles. The summed E-state index contributed by atoms with van der Waals surface area (Å²) in [6, 6.07) is 13.5. The van der Waals surface area contributed by atoms with Crippen LogP contribution in [0.4, 0.5) is 5.69 Å². The molecule has 0 atom stereocenters. The van der Waals surface area contributed by atoms with Crippen LogP contribution in [0.15, 0.2) is 53.3 Å². The molecule has 1 heterocycles. The van der Waals surface area contributed by atoms with E-state index in [0.717, 1.165) is 0 Å². The van der Waals surface area contributed by atoms with Crippen molar-refractivity contribution in [2.75, 3.05) is 5.32 Å². The zero-order chi connectivity index (χ0) is 16.6. The van der Waals surface area contributed by atoms with Crippen molar-refractivity contribution >= 4 is 34.1 Å². The van der Waals surface area contributed by atoms with Gasteiger partial charge in [-0.2, -0.15) is 0 Å². The van der Waals surface area contributed by atoms with Crippen LogP contribution in [-0.4, -0.2) is 15.6 Å². The minimum atomic E-state index is -0.707. The molecule has 0 saturated carbocycles. The molecule has 0 saturated heterocycles. The van der Waals surface area contributed by atoms with E-state index in [-0.39, 0.29) is 11.3 Å². The van der Waals surface area contributed by atoms with E-state index in [0.29, 0.717) is 21.6 Å². The lowest BCUT2D eigenvalue weighted by atomic mass is 10.1. The number of hydrogen-bond donors (Lipinski definition) is 2. The Hall–Kier alpha value is -2.79. The Bertz CT molecular complexity index is 979. The number of para-hydroxylation sites is 2. The fraction of sp³-hybridized carbons (Fsp3) is 0.0588. The highest BCUT2D eigenvalue weighted by atomic mass is 35.5. The SMILES string of the molecule is Cn1c(=O)c(C(=O)Nc2ccccc2Cl)c(O)c2ccccc21. The summed E-state index contributed by atoms with van der Waals surface area (Å²) in [7, 11) is 1.55. The number of halogens is 1. The Morgan fingerprint density at radius 2 is 1.78 bits per heavy atom. The number of anilines is 1. The maximum atomic E-state index is 12.5. The maximum absolute atomic E-state index is 12.5. The van der Waals surface area contributed by atoms with Crippen LogP contribution in [0.1, 0.15) is 10.4 Å². The first-order chi connectivity index (χ1) is 11.0. The third kappa shape index (κ3) is 2.55. The number of aromatic hydroxyl groups is 1. The van der Waals surface area contributed by atoms with Gasteiger partial charge in [0.25, 0.3) is 11.5 Å². The van der Waals surface area contributed by atoms with Gasteiger partial charge in [0.2, 0.25) is 0 Å². The van der Waals surface area contributed by atoms with E-state index in [9.17, 15) is 14.7 Å². The quantitative estimate of drug-likeness (QED) is 0.759. The van der Waals surface area contributed by atoms with Crippen LogP contribution in [0.2, 0.25) is 5.02 Å². The topological polar surface area (TPSA) is 71.3 Å². The van der Waals surface area contributed by atoms with Gasteiger partial charge in [0, 0.05) is 12.4 Å². The van der Waals surface area contributed by atoms with Crippen molar-refractivity contribution in [3.05, 3.63) is 69.5 Å². The number of amides is 1. The predicted molar refractivity (Wildman–Crippen MR) is 90.3 cm³/mol. The normalized spacial score (nSPS) is 10.7. The fourth-order valence-electron chi connectivity index (χ4n) is 2.43. The number of carbonyl (C=O) groups is 1. The summed E-state index contributed by atoms with van der Waals surface area (Å²) in [5.74, 6) is -1.05. The molecule has 116 valence electrons. The molecule has 0 unspecified atom stereocenters. The van der Waals surface area contributed by atoms with Crippen LogP contribution >= 0.6 is 11.6 Å². The van der Waals surface area contributed by atoms with E-state index < -0.39 is 11.5 Å². The maximum Gasteiger partial charge on any atom is 0.267 e. The third-order valence-corrected chi connectivity index (χ3v) is 3.95. The number of nitrogens with one attached hydrogen (secondary N) is 1. The van der Waals surface area contributed by atoms with Crippen LogP contribution in [0.25, 0.3) is 10.9 Å². The minimum Gasteiger partial charge on any atom is -0.506 e. The van der Waals surface area contributed by atoms with Gasteiger partial charge in [0.1, 0.15) is 11.3 Å². The van der Waals surface area contributed by atoms with Gasteiger partial charge in [-0.3, -0.25) is 9.59 Å². The Labute approximate surface area is 136 Å². The minimum absolute atomic E-state index is 0.314. The summed E-state index contributed by atoms with van der Waals surface area (Å²) in [5.41, 5.74) is 0.0231. The van der Waals surface area contributed by atoms with Gasteiger partial charge in [-0.25, -0.2) is 0 Å². The average molecular weight is 329 g/mol. The molecule has 6 heteroatoms. The number of aryl methyl sites for hydroxylation is 1. The van der Waals surface area contributed by atoms with Crippen LogP contribution < -0.4 is 10.9 Å². The lowest BCUT2D eigenvalue weighted by Crippen LogP contribution is -2.28. The molecular formula is C17H13ClN2O3. The fourth-order valence-corrected chi connectivity index (χ4v) is 2.61. The molecule has 2 N–H and O–H groups in total. The number of hydrogen-bond acceptors (Lipinski definition) is 3. The molecule has 3 rings (SSSR count). The second-order valence-corrected chi connectivity index (χ2v) is 5.45. The number of rotatable bonds is 2. The third-order valence-electron chi connectivity index (χ3n) is 3.62. The monoisotopic (exact) mass is 328 g/mol. The van der Waals surface area contributed by atoms with Crippen molar-refractivity contribution in [2.45, 2.75) is 0 Å². The van der Waals surface area contributed by atoms with Crippen molar-refractivity contribution in [1.29, 1.82) is 0 Å². The van der Waals surface area contributed by atoms with Crippen molar-refractivity contribution in [2.24, 2.45) is 7.05 Å². The molecule has 3 aromatic rings. The van der Waals surface area contributed by atoms with Gasteiger partial charge >= 0.3 is 0 Å². The molecule has 1 amide bonds. The molecular weight excluding hydrogens is 316 g/mol. The highest BCUT2D eigenvalue weighted by molar-refractivity contribution is 6.34. The molecule has 0 bridgehead atoms. The standard InChI is InChI=1S/C17H13ClN2O3/c1-20-13-9-5-2-6-10(13)15(21)14(17(20)23)16(22)19-12-8-4-3-7-11(12)18/h2-9,21H,1H3,(H,19,22). The molecule has 0 radical (unpaired) electrons. The molecule has 2 aromatic carbocycles. The summed E-state index contributed by atoms with van der Waals surface area (Å²) in [6.07, 6.45) is 0. The summed E-state index contributed by atoms with van der Waals surface area (Å²) >= 11 is 6.00. The Morgan fingerprint density at radius 1 is 1.13 bits per heavy atom. The van der Waals surface area contributed by atoms with Crippen molar-refractivity contribution in [1.82, 2.24) is 4.57 Å². The Morgan fingerprint density at radius 3 is 2.52 bits per heavy atom. The first kappa shape index (κ1) is 15.1. The first-order valence-electron chi connectivity index (χ1n) is 6.87. The number of carbonyl (C=O) groups excluding carboxylic acids is 1. The second kappa shape index (κ2) is 5.78. The number of nitrogens with zero attached hydrogens (tertiary/aromatic N) is 1. The van der Waals surface area contributed by atoms with Crippen LogP contribution in [0.5, 0.6) is 5.75 Å². The van der Waals surface area contributed by atoms with Crippen LogP contribution in [0.3, 0.4) is 0 Å². The summed E-state index contributed by atoms with van der Waals surface area (Å²) in [4.78, 5) is 24.9. The molecule has 23 heavy (non-hydrogen) atoms. The summed E-state index contributed by atoms with van der Waals surface area (Å²) < 4.78 is 1.33. The molecule has 0 aliphatic rings. The van der Waals surface area contributed by atoms with Crippen molar-refractivity contribution in [3.8, 4) is 5.75 Å². The number of benzene rings is 2. The van der Waals surface area contributed by atoms with Gasteiger partial charge in [-0.1, -0.05) is 35.9 Å². The molecule has 0 fully saturated rings. The van der Waals surface area contributed by atoms with E-state index in [4.69, 9.17) is 11.6 Å². The first-order valence-corrected chi connectivity index (χ1v) is 7.25. The summed E-state index contributed by atoms with van der Waals surface area (Å²) in [6.45, 7) is 0. The highest BCUT2D eigenvalue weighted by Gasteiger charge is 2.21. The zero-order valence-corrected chi connectivity index (χ0v) is 13.0. The molecule has 1 aromatic heterocycles. The van der Waals surface area contributed by atoms with E-state index >= 15 is 0 Å². The van der Waals surface area contributed by atoms with Gasteiger partial charge in [-0.05, 0) is 24.3 Å². The van der Waals surface area contributed by atoms with Gasteiger partial charge in [-0.15, -0.1) is 0 Å². The lowest BCUT2D eigenvalue weighted by Gasteiger charge is -2.12. The number of aromatic nitrogens is 1. The Kier molecular flexibility index (Phi) is 3.80. The smallest absolute Gasteiger partial charge is 0.267 e. The molecule has 0 aliphatic heterocycles. The van der Waals surface area contributed by atoms with Gasteiger partial charge < -0.3 is 15.0 Å². The largest absolute Gasteiger partial charge is 0.506 e. The number of fused-ring (bicyclic) bond motifs is 1. The zero-order valence-electron chi connectivity index (χ0n) is 12.2. The Balaban J connectivity index is 2.15. The van der Waals surface area contributed by atoms with Crippen LogP contribution in [0, 0.1) is 0 Å². The predicted octanol–water partition coefficient (Wildman–Crippen LogP) is 3.15. The average Bonchev–Trinajstić information content (AvgIpc) is 2.55. The summed E-state index contributed by atoms with van der Waals surface area (Å²) in [5, 5.41) is 13.7. The van der Waals surface area contributed by atoms with Gasteiger partial charge in [0.15, 0.2) is 0 Å². The van der Waals surface area contributed by atoms with Crippen molar-refractivity contribution in [3.63, 3.8) is 0 Å². The number of pyridine rings is 1. The van der Waals surface area contributed by atoms with E-state index in [2.05, 4.69) is 5.32 Å². The van der Waals surface area contributed by atoms with Crippen molar-refractivity contribution < 1.29 is 9.90 Å². The van der Waals surface area contributed by atoms with E-state index in [1.165, 1.54) is 4.57 Å².